The SMILES string of the molecule is CCOC(=O)c1ccc(CCN2CCOCC2)nc1.COC(=O)c1ccc(C)nc1. The monoisotopic (exact) mass is 415 g/mol. The quantitative estimate of drug-likeness (QED) is 0.664. The van der Waals surface area contributed by atoms with E-state index in [1.807, 2.05) is 13.0 Å². The lowest BCUT2D eigenvalue weighted by Crippen LogP contribution is -2.37. The van der Waals surface area contributed by atoms with E-state index in [2.05, 4.69) is 19.6 Å². The number of nitrogens with zero attached hydrogens (tertiary/aromatic N) is 3. The zero-order valence-corrected chi connectivity index (χ0v) is 17.8. The Bertz CT molecular complexity index is 787. The second-order valence-electron chi connectivity index (χ2n) is 6.64. The van der Waals surface area contributed by atoms with E-state index in [-0.39, 0.29) is 11.9 Å². The predicted octanol–water partition coefficient (Wildman–Crippen LogP) is 2.31. The van der Waals surface area contributed by atoms with Gasteiger partial charge in [0.2, 0.25) is 0 Å². The van der Waals surface area contributed by atoms with Crippen molar-refractivity contribution in [2.24, 2.45) is 0 Å². The third-order valence-corrected chi connectivity index (χ3v) is 4.46. The number of pyridine rings is 2. The van der Waals surface area contributed by atoms with Gasteiger partial charge in [-0.05, 0) is 38.1 Å². The van der Waals surface area contributed by atoms with Gasteiger partial charge < -0.3 is 14.2 Å². The zero-order valence-electron chi connectivity index (χ0n) is 17.8. The Morgan fingerprint density at radius 1 is 1.03 bits per heavy atom. The molecule has 0 radical (unpaired) electrons. The number of carbonyl (C=O) groups excluding carboxylic acids is 2. The summed E-state index contributed by atoms with van der Waals surface area (Å²) in [6, 6.07) is 7.13. The second-order valence-corrected chi connectivity index (χ2v) is 6.64. The molecule has 0 unspecified atom stereocenters. The fourth-order valence-electron chi connectivity index (χ4n) is 2.71. The third-order valence-electron chi connectivity index (χ3n) is 4.46. The number of aromatic nitrogens is 2. The van der Waals surface area contributed by atoms with Crippen molar-refractivity contribution in [3.63, 3.8) is 0 Å². The van der Waals surface area contributed by atoms with E-state index in [1.165, 1.54) is 13.3 Å². The molecule has 0 amide bonds. The van der Waals surface area contributed by atoms with Crippen LogP contribution in [0, 0.1) is 6.92 Å². The maximum atomic E-state index is 11.5. The van der Waals surface area contributed by atoms with Crippen molar-refractivity contribution in [1.29, 1.82) is 0 Å². The summed E-state index contributed by atoms with van der Waals surface area (Å²) in [6.07, 6.45) is 3.98. The lowest BCUT2D eigenvalue weighted by molar-refractivity contribution is 0.0383. The van der Waals surface area contributed by atoms with Crippen LogP contribution in [0.1, 0.15) is 39.0 Å². The number of morpholine rings is 1. The molecule has 1 aliphatic rings. The van der Waals surface area contributed by atoms with Crippen LogP contribution in [-0.2, 0) is 20.6 Å². The summed E-state index contributed by atoms with van der Waals surface area (Å²) >= 11 is 0. The Kier molecular flexibility index (Phi) is 9.90. The summed E-state index contributed by atoms with van der Waals surface area (Å²) in [5.74, 6) is -0.660. The Labute approximate surface area is 177 Å². The average molecular weight is 415 g/mol. The van der Waals surface area contributed by atoms with Gasteiger partial charge in [0.15, 0.2) is 0 Å². The van der Waals surface area contributed by atoms with E-state index in [0.29, 0.717) is 17.7 Å². The van der Waals surface area contributed by atoms with Gasteiger partial charge in [0.05, 0.1) is 38.1 Å². The van der Waals surface area contributed by atoms with Crippen LogP contribution in [-0.4, -0.2) is 73.4 Å². The molecule has 8 heteroatoms. The number of carbonyl (C=O) groups is 2. The van der Waals surface area contributed by atoms with Crippen molar-refractivity contribution in [1.82, 2.24) is 14.9 Å². The molecule has 162 valence electrons. The lowest BCUT2D eigenvalue weighted by atomic mass is 10.2. The Hall–Kier alpha value is -2.84. The van der Waals surface area contributed by atoms with Gasteiger partial charge in [0.1, 0.15) is 0 Å². The van der Waals surface area contributed by atoms with E-state index in [1.54, 1.807) is 31.3 Å². The molecular weight excluding hydrogens is 386 g/mol. The molecule has 30 heavy (non-hydrogen) atoms. The van der Waals surface area contributed by atoms with Crippen LogP contribution in [0.15, 0.2) is 36.7 Å². The zero-order chi connectivity index (χ0) is 21.8. The van der Waals surface area contributed by atoms with E-state index in [4.69, 9.17) is 9.47 Å². The van der Waals surface area contributed by atoms with Gasteiger partial charge in [-0.25, -0.2) is 9.59 Å². The summed E-state index contributed by atoms with van der Waals surface area (Å²) in [7, 11) is 1.35. The minimum absolute atomic E-state index is 0.310. The van der Waals surface area contributed by atoms with Crippen molar-refractivity contribution in [3.8, 4) is 0 Å². The second kappa shape index (κ2) is 12.7. The fraction of sp³-hybridized carbons (Fsp3) is 0.455. The molecule has 0 spiro atoms. The highest BCUT2D eigenvalue weighted by Crippen LogP contribution is 2.05. The van der Waals surface area contributed by atoms with Gasteiger partial charge in [-0.2, -0.15) is 0 Å². The molecule has 1 fully saturated rings. The number of esters is 2. The van der Waals surface area contributed by atoms with Crippen LogP contribution in [0.2, 0.25) is 0 Å². The van der Waals surface area contributed by atoms with Crippen molar-refractivity contribution < 1.29 is 23.8 Å². The van der Waals surface area contributed by atoms with Crippen molar-refractivity contribution in [2.75, 3.05) is 46.6 Å². The topological polar surface area (TPSA) is 90.9 Å². The van der Waals surface area contributed by atoms with Gasteiger partial charge in [-0.3, -0.25) is 14.9 Å². The Morgan fingerprint density at radius 3 is 2.27 bits per heavy atom. The minimum Gasteiger partial charge on any atom is -0.465 e. The van der Waals surface area contributed by atoms with E-state index in [9.17, 15) is 9.59 Å². The maximum absolute atomic E-state index is 11.5. The summed E-state index contributed by atoms with van der Waals surface area (Å²) in [5.41, 5.74) is 2.88. The van der Waals surface area contributed by atoms with Crippen LogP contribution in [0.25, 0.3) is 0 Å². The highest BCUT2D eigenvalue weighted by molar-refractivity contribution is 5.89. The predicted molar refractivity (Wildman–Crippen MR) is 111 cm³/mol. The highest BCUT2D eigenvalue weighted by atomic mass is 16.5. The maximum Gasteiger partial charge on any atom is 0.339 e. The molecule has 2 aromatic heterocycles. The first-order valence-corrected chi connectivity index (χ1v) is 9.96. The molecule has 3 rings (SSSR count). The standard InChI is InChI=1S/C14H20N2O3.C8H9NO2/c1-2-19-14(17)12-3-4-13(15-11-12)5-6-16-7-9-18-10-8-16;1-6-3-4-7(5-9-6)8(10)11-2/h3-4,11H,2,5-10H2,1H3;3-5H,1-2H3. The number of hydrogen-bond acceptors (Lipinski definition) is 8. The van der Waals surface area contributed by atoms with Crippen LogP contribution in [0.4, 0.5) is 0 Å². The molecule has 8 nitrogen and oxygen atoms in total. The van der Waals surface area contributed by atoms with Crippen LogP contribution in [0.3, 0.4) is 0 Å². The van der Waals surface area contributed by atoms with E-state index >= 15 is 0 Å². The largest absolute Gasteiger partial charge is 0.465 e. The van der Waals surface area contributed by atoms with Crippen molar-refractivity contribution in [2.45, 2.75) is 20.3 Å². The molecule has 0 saturated carbocycles. The molecule has 0 bridgehead atoms. The van der Waals surface area contributed by atoms with Crippen LogP contribution >= 0.6 is 0 Å². The lowest BCUT2D eigenvalue weighted by Gasteiger charge is -2.26. The highest BCUT2D eigenvalue weighted by Gasteiger charge is 2.11. The third kappa shape index (κ3) is 7.88. The van der Waals surface area contributed by atoms with Crippen molar-refractivity contribution >= 4 is 11.9 Å². The molecule has 0 aromatic carbocycles. The summed E-state index contributed by atoms with van der Waals surface area (Å²) in [5, 5.41) is 0. The first-order valence-electron chi connectivity index (χ1n) is 9.96. The van der Waals surface area contributed by atoms with E-state index < -0.39 is 0 Å². The number of rotatable bonds is 6. The van der Waals surface area contributed by atoms with Crippen molar-refractivity contribution in [3.05, 3.63) is 59.2 Å². The summed E-state index contributed by atoms with van der Waals surface area (Å²) in [6.45, 7) is 8.63. The molecule has 2 aromatic rings. The summed E-state index contributed by atoms with van der Waals surface area (Å²) in [4.78, 5) is 33.0. The van der Waals surface area contributed by atoms with Gasteiger partial charge in [-0.1, -0.05) is 0 Å². The first kappa shape index (κ1) is 23.4. The molecule has 0 N–H and O–H groups in total. The van der Waals surface area contributed by atoms with Gasteiger partial charge in [0.25, 0.3) is 0 Å². The molecule has 3 heterocycles. The average Bonchev–Trinajstić information content (AvgIpc) is 2.79. The molecule has 1 aliphatic heterocycles. The smallest absolute Gasteiger partial charge is 0.339 e. The Balaban J connectivity index is 0.000000248. The van der Waals surface area contributed by atoms with E-state index in [0.717, 1.165) is 50.7 Å². The molecule has 0 aliphatic carbocycles. The molecule has 0 atom stereocenters. The summed E-state index contributed by atoms with van der Waals surface area (Å²) < 4.78 is 14.7. The van der Waals surface area contributed by atoms with Gasteiger partial charge in [0, 0.05) is 49.8 Å². The van der Waals surface area contributed by atoms with Gasteiger partial charge >= 0.3 is 11.9 Å². The normalized spacial score (nSPS) is 13.7. The number of aryl methyl sites for hydroxylation is 1. The molecule has 1 saturated heterocycles. The fourth-order valence-corrected chi connectivity index (χ4v) is 2.71. The Morgan fingerprint density at radius 2 is 1.70 bits per heavy atom. The first-order chi connectivity index (χ1) is 14.5. The van der Waals surface area contributed by atoms with Gasteiger partial charge in [-0.15, -0.1) is 0 Å². The minimum atomic E-state index is -0.350. The van der Waals surface area contributed by atoms with Crippen LogP contribution in [0.5, 0.6) is 0 Å². The number of ether oxygens (including phenoxy) is 3. The molecular formula is C22H29N3O5. The number of hydrogen-bond donors (Lipinski definition) is 0. The van der Waals surface area contributed by atoms with Crippen LogP contribution < -0.4 is 0 Å². The number of methoxy groups -OCH3 is 1.